The maximum atomic E-state index is 12.3. The number of furan rings is 1. The Labute approximate surface area is 122 Å². The van der Waals surface area contributed by atoms with Crippen molar-refractivity contribution in [2.45, 2.75) is 31.2 Å². The van der Waals surface area contributed by atoms with Crippen LogP contribution < -0.4 is 10.1 Å². The fraction of sp³-hybridized carbons (Fsp3) is 0.375. The van der Waals surface area contributed by atoms with Crippen LogP contribution in [0, 0.1) is 11.3 Å². The Hall–Kier alpha value is -2.48. The summed E-state index contributed by atoms with van der Waals surface area (Å²) in [6.07, 6.45) is 3.31. The quantitative estimate of drug-likeness (QED) is 0.940. The lowest BCUT2D eigenvalue weighted by atomic mass is 10.00. The van der Waals surface area contributed by atoms with E-state index in [1.807, 2.05) is 12.1 Å². The van der Waals surface area contributed by atoms with Gasteiger partial charge in [0.15, 0.2) is 17.1 Å². The summed E-state index contributed by atoms with van der Waals surface area (Å²) in [5.41, 5.74) is -0.206. The van der Waals surface area contributed by atoms with Crippen LogP contribution in [0.5, 0.6) is 5.75 Å². The van der Waals surface area contributed by atoms with Crippen molar-refractivity contribution in [1.29, 1.82) is 5.26 Å². The van der Waals surface area contributed by atoms with Crippen molar-refractivity contribution in [2.24, 2.45) is 0 Å². The zero-order chi connectivity index (χ0) is 14.9. The number of carbonyl (C=O) groups excluding carboxylic acids is 1. The van der Waals surface area contributed by atoms with Gasteiger partial charge in [0, 0.05) is 5.39 Å². The van der Waals surface area contributed by atoms with E-state index in [-0.39, 0.29) is 11.7 Å². The van der Waals surface area contributed by atoms with E-state index in [9.17, 15) is 10.1 Å². The predicted molar refractivity (Wildman–Crippen MR) is 77.0 cm³/mol. The summed E-state index contributed by atoms with van der Waals surface area (Å²) in [6, 6.07) is 9.38. The molecule has 1 aromatic heterocycles. The maximum Gasteiger partial charge on any atom is 0.288 e. The highest BCUT2D eigenvalue weighted by atomic mass is 16.5. The monoisotopic (exact) mass is 284 g/mol. The number of nitriles is 1. The number of para-hydroxylation sites is 1. The van der Waals surface area contributed by atoms with Gasteiger partial charge in [-0.3, -0.25) is 4.79 Å². The molecule has 1 amide bonds. The topological polar surface area (TPSA) is 75.3 Å². The van der Waals surface area contributed by atoms with Gasteiger partial charge in [-0.25, -0.2) is 0 Å². The highest BCUT2D eigenvalue weighted by Crippen LogP contribution is 2.31. The van der Waals surface area contributed by atoms with E-state index in [1.165, 1.54) is 0 Å². The summed E-state index contributed by atoms with van der Waals surface area (Å²) in [5, 5.41) is 12.9. The Morgan fingerprint density at radius 2 is 2.19 bits per heavy atom. The van der Waals surface area contributed by atoms with E-state index in [0.717, 1.165) is 18.2 Å². The van der Waals surface area contributed by atoms with Crippen molar-refractivity contribution < 1.29 is 13.9 Å². The molecule has 21 heavy (non-hydrogen) atoms. The molecule has 0 aliphatic heterocycles. The number of methoxy groups -OCH3 is 1. The van der Waals surface area contributed by atoms with Crippen LogP contribution in [-0.4, -0.2) is 18.6 Å². The normalized spacial score (nSPS) is 16.6. The lowest BCUT2D eigenvalue weighted by Crippen LogP contribution is -2.44. The molecule has 0 spiro atoms. The zero-order valence-corrected chi connectivity index (χ0v) is 11.8. The van der Waals surface area contributed by atoms with Gasteiger partial charge in [0.2, 0.25) is 0 Å². The molecule has 3 rings (SSSR count). The smallest absolute Gasteiger partial charge is 0.288 e. The van der Waals surface area contributed by atoms with Crippen molar-refractivity contribution in [1.82, 2.24) is 5.32 Å². The first-order valence-electron chi connectivity index (χ1n) is 6.98. The number of ether oxygens (including phenoxy) is 1. The number of carbonyl (C=O) groups is 1. The van der Waals surface area contributed by atoms with Gasteiger partial charge in [0.1, 0.15) is 5.54 Å². The number of nitrogens with zero attached hydrogens (tertiary/aromatic N) is 1. The molecule has 0 atom stereocenters. The number of hydrogen-bond acceptors (Lipinski definition) is 4. The van der Waals surface area contributed by atoms with Gasteiger partial charge < -0.3 is 14.5 Å². The zero-order valence-electron chi connectivity index (χ0n) is 11.8. The molecule has 1 fully saturated rings. The molecule has 2 aromatic rings. The molecule has 1 N–H and O–H groups in total. The van der Waals surface area contributed by atoms with Crippen molar-refractivity contribution in [2.75, 3.05) is 7.11 Å². The summed E-state index contributed by atoms with van der Waals surface area (Å²) in [7, 11) is 1.56. The van der Waals surface area contributed by atoms with Gasteiger partial charge >= 0.3 is 0 Å². The highest BCUT2D eigenvalue weighted by Gasteiger charge is 2.36. The third-order valence-electron chi connectivity index (χ3n) is 3.98. The fourth-order valence-corrected chi connectivity index (χ4v) is 2.83. The Balaban J connectivity index is 1.90. The molecule has 0 radical (unpaired) electrons. The van der Waals surface area contributed by atoms with Crippen LogP contribution in [0.1, 0.15) is 36.2 Å². The van der Waals surface area contributed by atoms with Gasteiger partial charge in [-0.1, -0.05) is 12.1 Å². The summed E-state index contributed by atoms with van der Waals surface area (Å²) >= 11 is 0. The molecule has 1 heterocycles. The molecule has 1 saturated carbocycles. The first-order valence-corrected chi connectivity index (χ1v) is 6.98. The molecule has 0 bridgehead atoms. The van der Waals surface area contributed by atoms with Gasteiger partial charge in [-0.05, 0) is 37.8 Å². The van der Waals surface area contributed by atoms with Crippen LogP contribution in [-0.2, 0) is 0 Å². The minimum atomic E-state index is -0.750. The summed E-state index contributed by atoms with van der Waals surface area (Å²) in [6.45, 7) is 0. The van der Waals surface area contributed by atoms with Crippen LogP contribution in [0.15, 0.2) is 28.7 Å². The number of amides is 1. The average molecular weight is 284 g/mol. The van der Waals surface area contributed by atoms with Crippen LogP contribution in [0.4, 0.5) is 0 Å². The van der Waals surface area contributed by atoms with Gasteiger partial charge in [0.25, 0.3) is 5.91 Å². The molecule has 108 valence electrons. The predicted octanol–water partition coefficient (Wildman–Crippen LogP) is 3.01. The molecule has 0 saturated heterocycles. The average Bonchev–Trinajstić information content (AvgIpc) is 3.13. The number of benzene rings is 1. The number of hydrogen-bond donors (Lipinski definition) is 1. The first kappa shape index (κ1) is 13.5. The Morgan fingerprint density at radius 3 is 2.86 bits per heavy atom. The van der Waals surface area contributed by atoms with E-state index in [1.54, 1.807) is 19.2 Å². The van der Waals surface area contributed by atoms with Gasteiger partial charge in [0.05, 0.1) is 13.2 Å². The summed E-state index contributed by atoms with van der Waals surface area (Å²) in [5.74, 6) is 0.440. The van der Waals surface area contributed by atoms with Gasteiger partial charge in [-0.15, -0.1) is 0 Å². The third kappa shape index (κ3) is 2.33. The number of nitrogens with one attached hydrogen (secondary N) is 1. The van der Waals surface area contributed by atoms with Crippen LogP contribution in [0.3, 0.4) is 0 Å². The van der Waals surface area contributed by atoms with Crippen molar-refractivity contribution in [3.8, 4) is 11.8 Å². The van der Waals surface area contributed by atoms with E-state index < -0.39 is 5.54 Å². The Bertz CT molecular complexity index is 721. The molecule has 1 aromatic carbocycles. The van der Waals surface area contributed by atoms with Gasteiger partial charge in [-0.2, -0.15) is 5.26 Å². The highest BCUT2D eigenvalue weighted by molar-refractivity contribution is 5.97. The minimum Gasteiger partial charge on any atom is -0.493 e. The van der Waals surface area contributed by atoms with Crippen LogP contribution in [0.2, 0.25) is 0 Å². The Kier molecular flexibility index (Phi) is 3.30. The van der Waals surface area contributed by atoms with E-state index >= 15 is 0 Å². The van der Waals surface area contributed by atoms with Crippen LogP contribution in [0.25, 0.3) is 11.0 Å². The molecular weight excluding hydrogens is 268 g/mol. The summed E-state index contributed by atoms with van der Waals surface area (Å²) < 4.78 is 10.8. The SMILES string of the molecule is COc1cccc2cc(C(=O)NC3(C#N)CCCC3)oc12. The van der Waals surface area contributed by atoms with Crippen molar-refractivity contribution in [3.05, 3.63) is 30.0 Å². The molecular formula is C16H16N2O3. The standard InChI is InChI=1S/C16H16N2O3/c1-20-12-6-4-5-11-9-13(21-14(11)12)15(19)18-16(10-17)7-2-3-8-16/h4-6,9H,2-3,7-8H2,1H3,(H,18,19). The van der Waals surface area contributed by atoms with Crippen molar-refractivity contribution in [3.63, 3.8) is 0 Å². The molecule has 1 aliphatic carbocycles. The van der Waals surface area contributed by atoms with E-state index in [2.05, 4.69) is 11.4 Å². The molecule has 5 nitrogen and oxygen atoms in total. The summed E-state index contributed by atoms with van der Waals surface area (Å²) in [4.78, 5) is 12.3. The second-order valence-electron chi connectivity index (χ2n) is 5.34. The van der Waals surface area contributed by atoms with E-state index in [0.29, 0.717) is 24.2 Å². The number of rotatable bonds is 3. The van der Waals surface area contributed by atoms with E-state index in [4.69, 9.17) is 9.15 Å². The Morgan fingerprint density at radius 1 is 1.43 bits per heavy atom. The molecule has 5 heteroatoms. The van der Waals surface area contributed by atoms with Crippen molar-refractivity contribution >= 4 is 16.9 Å². The molecule has 0 unspecified atom stereocenters. The number of fused-ring (bicyclic) bond motifs is 1. The lowest BCUT2D eigenvalue weighted by Gasteiger charge is -2.20. The first-order chi connectivity index (χ1) is 10.2. The largest absolute Gasteiger partial charge is 0.493 e. The lowest BCUT2D eigenvalue weighted by molar-refractivity contribution is 0.0894. The third-order valence-corrected chi connectivity index (χ3v) is 3.98. The van der Waals surface area contributed by atoms with Crippen LogP contribution >= 0.6 is 0 Å². The maximum absolute atomic E-state index is 12.3. The fourth-order valence-electron chi connectivity index (χ4n) is 2.83. The second-order valence-corrected chi connectivity index (χ2v) is 5.34. The minimum absolute atomic E-state index is 0.205. The molecule has 1 aliphatic rings. The second kappa shape index (κ2) is 5.13.